The highest BCUT2D eigenvalue weighted by molar-refractivity contribution is 5.69. The maximum Gasteiger partial charge on any atom is 0.201 e. The molecule has 0 saturated carbocycles. The van der Waals surface area contributed by atoms with Crippen LogP contribution >= 0.6 is 0 Å². The van der Waals surface area contributed by atoms with Crippen molar-refractivity contribution in [3.05, 3.63) is 17.8 Å². The number of H-pyrrole nitrogens is 1. The second kappa shape index (κ2) is 3.02. The molecule has 0 aliphatic rings. The number of nitrogens with zero attached hydrogens (tertiary/aromatic N) is 3. The van der Waals surface area contributed by atoms with E-state index in [1.54, 1.807) is 6.20 Å². The number of rotatable bonds is 2. The van der Waals surface area contributed by atoms with Crippen molar-refractivity contribution < 1.29 is 0 Å². The highest BCUT2D eigenvalue weighted by atomic mass is 15.3. The number of aromatic amines is 1. The molecule has 3 N–H and O–H groups in total. The molecule has 2 aromatic heterocycles. The first-order chi connectivity index (χ1) is 6.54. The fourth-order valence-electron chi connectivity index (χ4n) is 1.41. The number of hydrogen-bond acceptors (Lipinski definition) is 4. The van der Waals surface area contributed by atoms with Gasteiger partial charge in [-0.2, -0.15) is 10.3 Å². The highest BCUT2D eigenvalue weighted by Crippen LogP contribution is 2.12. The first-order valence-corrected chi connectivity index (χ1v) is 4.49. The molecule has 0 radical (unpaired) electrons. The van der Waals surface area contributed by atoms with E-state index in [4.69, 9.17) is 5.73 Å². The average molecular weight is 191 g/mol. The summed E-state index contributed by atoms with van der Waals surface area (Å²) in [6.07, 6.45) is 2.57. The van der Waals surface area contributed by atoms with Gasteiger partial charge in [0.2, 0.25) is 5.65 Å². The maximum absolute atomic E-state index is 5.92. The lowest BCUT2D eigenvalue weighted by atomic mass is 9.97. The minimum absolute atomic E-state index is 0.223. The standard InChI is InChI=1S/C9H13N5/c1-9(2,10)4-6-3-7-8(11-5-6)13-14-12-7/h3,5H,4,10H2,1-2H3,(H,11,12,13,14). The molecule has 0 fully saturated rings. The molecule has 0 atom stereocenters. The quantitative estimate of drug-likeness (QED) is 0.729. The lowest BCUT2D eigenvalue weighted by molar-refractivity contribution is 0.516. The number of nitrogens with one attached hydrogen (secondary N) is 1. The van der Waals surface area contributed by atoms with Crippen LogP contribution in [-0.2, 0) is 6.42 Å². The normalized spacial score (nSPS) is 12.2. The van der Waals surface area contributed by atoms with Crippen LogP contribution in [0.2, 0.25) is 0 Å². The van der Waals surface area contributed by atoms with E-state index in [1.165, 1.54) is 0 Å². The van der Waals surface area contributed by atoms with Crippen LogP contribution in [0.1, 0.15) is 19.4 Å². The molecule has 74 valence electrons. The van der Waals surface area contributed by atoms with Gasteiger partial charge < -0.3 is 5.73 Å². The summed E-state index contributed by atoms with van der Waals surface area (Å²) in [4.78, 5) is 4.16. The van der Waals surface area contributed by atoms with E-state index in [9.17, 15) is 0 Å². The number of hydrogen-bond donors (Lipinski definition) is 2. The van der Waals surface area contributed by atoms with E-state index in [2.05, 4.69) is 20.4 Å². The molecule has 2 heterocycles. The van der Waals surface area contributed by atoms with E-state index in [1.807, 2.05) is 19.9 Å². The topological polar surface area (TPSA) is 80.5 Å². The molecule has 14 heavy (non-hydrogen) atoms. The van der Waals surface area contributed by atoms with Crippen molar-refractivity contribution in [2.75, 3.05) is 0 Å². The van der Waals surface area contributed by atoms with Gasteiger partial charge in [0, 0.05) is 11.7 Å². The molecule has 0 amide bonds. The molecule has 0 bridgehead atoms. The molecule has 0 aliphatic heterocycles. The van der Waals surface area contributed by atoms with Crippen LogP contribution in [0.3, 0.4) is 0 Å². The number of fused-ring (bicyclic) bond motifs is 1. The molecule has 2 rings (SSSR count). The Labute approximate surface area is 81.7 Å². The third-order valence-electron chi connectivity index (χ3n) is 1.89. The minimum atomic E-state index is -0.223. The Hall–Kier alpha value is -1.49. The summed E-state index contributed by atoms with van der Waals surface area (Å²) in [6, 6.07) is 1.96. The van der Waals surface area contributed by atoms with Gasteiger partial charge in [0.1, 0.15) is 5.52 Å². The van der Waals surface area contributed by atoms with Crippen LogP contribution in [0.5, 0.6) is 0 Å². The van der Waals surface area contributed by atoms with Crippen LogP contribution in [0.25, 0.3) is 11.2 Å². The number of aromatic nitrogens is 4. The Morgan fingerprint density at radius 1 is 1.43 bits per heavy atom. The molecular formula is C9H13N5. The Morgan fingerprint density at radius 3 is 2.93 bits per heavy atom. The molecule has 2 aromatic rings. The van der Waals surface area contributed by atoms with Crippen LogP contribution < -0.4 is 5.73 Å². The van der Waals surface area contributed by atoms with Gasteiger partial charge in [-0.15, -0.1) is 5.10 Å². The zero-order valence-electron chi connectivity index (χ0n) is 8.28. The third kappa shape index (κ3) is 1.88. The summed E-state index contributed by atoms with van der Waals surface area (Å²) in [5.41, 5.74) is 8.20. The van der Waals surface area contributed by atoms with Crippen LogP contribution in [0.4, 0.5) is 0 Å². The van der Waals surface area contributed by atoms with Crippen LogP contribution in [0.15, 0.2) is 12.3 Å². The van der Waals surface area contributed by atoms with Gasteiger partial charge in [-0.05, 0) is 31.9 Å². The zero-order valence-corrected chi connectivity index (χ0v) is 8.28. The van der Waals surface area contributed by atoms with Gasteiger partial charge in [-0.3, -0.25) is 0 Å². The lowest BCUT2D eigenvalue weighted by Gasteiger charge is -2.17. The van der Waals surface area contributed by atoms with Crippen molar-refractivity contribution in [2.24, 2.45) is 5.73 Å². The van der Waals surface area contributed by atoms with Crippen molar-refractivity contribution >= 4 is 11.2 Å². The van der Waals surface area contributed by atoms with E-state index in [-0.39, 0.29) is 5.54 Å². The minimum Gasteiger partial charge on any atom is -0.325 e. The summed E-state index contributed by atoms with van der Waals surface area (Å²) >= 11 is 0. The SMILES string of the molecule is CC(C)(N)Cc1cnc2n[nH]nc2c1. The summed E-state index contributed by atoms with van der Waals surface area (Å²) in [7, 11) is 0. The smallest absolute Gasteiger partial charge is 0.201 e. The average Bonchev–Trinajstić information content (AvgIpc) is 2.47. The van der Waals surface area contributed by atoms with Crippen LogP contribution in [-0.4, -0.2) is 25.9 Å². The first kappa shape index (κ1) is 9.08. The van der Waals surface area contributed by atoms with Crippen molar-refractivity contribution in [3.8, 4) is 0 Å². The van der Waals surface area contributed by atoms with Gasteiger partial charge in [0.25, 0.3) is 0 Å². The molecule has 0 spiro atoms. The van der Waals surface area contributed by atoms with Crippen molar-refractivity contribution in [1.82, 2.24) is 20.4 Å². The maximum atomic E-state index is 5.92. The summed E-state index contributed by atoms with van der Waals surface area (Å²) < 4.78 is 0. The highest BCUT2D eigenvalue weighted by Gasteiger charge is 2.12. The Balaban J connectivity index is 2.35. The fourth-order valence-corrected chi connectivity index (χ4v) is 1.41. The van der Waals surface area contributed by atoms with Crippen molar-refractivity contribution in [1.29, 1.82) is 0 Å². The molecule has 5 nitrogen and oxygen atoms in total. The van der Waals surface area contributed by atoms with E-state index >= 15 is 0 Å². The lowest BCUT2D eigenvalue weighted by Crippen LogP contribution is -2.34. The van der Waals surface area contributed by atoms with Gasteiger partial charge in [-0.1, -0.05) is 0 Å². The van der Waals surface area contributed by atoms with Crippen molar-refractivity contribution in [2.45, 2.75) is 25.8 Å². The molecule has 0 aromatic carbocycles. The van der Waals surface area contributed by atoms with Gasteiger partial charge in [-0.25, -0.2) is 4.98 Å². The van der Waals surface area contributed by atoms with Gasteiger partial charge in [0.15, 0.2) is 0 Å². The second-order valence-electron chi connectivity index (χ2n) is 4.18. The van der Waals surface area contributed by atoms with E-state index in [0.717, 1.165) is 17.5 Å². The summed E-state index contributed by atoms with van der Waals surface area (Å²) in [6.45, 7) is 3.97. The monoisotopic (exact) mass is 191 g/mol. The Kier molecular flexibility index (Phi) is 1.96. The number of pyridine rings is 1. The van der Waals surface area contributed by atoms with Crippen molar-refractivity contribution in [3.63, 3.8) is 0 Å². The summed E-state index contributed by atoms with van der Waals surface area (Å²) in [5.74, 6) is 0. The Morgan fingerprint density at radius 2 is 2.21 bits per heavy atom. The van der Waals surface area contributed by atoms with Crippen LogP contribution in [0, 0.1) is 0 Å². The molecule has 0 aliphatic carbocycles. The zero-order chi connectivity index (χ0) is 10.2. The predicted molar refractivity (Wildman–Crippen MR) is 53.7 cm³/mol. The predicted octanol–water partition coefficient (Wildman–Crippen LogP) is 0.633. The molecule has 0 saturated heterocycles. The largest absolute Gasteiger partial charge is 0.325 e. The molecular weight excluding hydrogens is 178 g/mol. The first-order valence-electron chi connectivity index (χ1n) is 4.49. The number of nitrogens with two attached hydrogens (primary N) is 1. The molecule has 0 unspecified atom stereocenters. The van der Waals surface area contributed by atoms with Gasteiger partial charge >= 0.3 is 0 Å². The fraction of sp³-hybridized carbons (Fsp3) is 0.444. The Bertz CT molecular complexity index is 440. The molecule has 5 heteroatoms. The third-order valence-corrected chi connectivity index (χ3v) is 1.89. The van der Waals surface area contributed by atoms with Gasteiger partial charge in [0.05, 0.1) is 0 Å². The summed E-state index contributed by atoms with van der Waals surface area (Å²) in [5, 5.41) is 10.4. The van der Waals surface area contributed by atoms with E-state index < -0.39 is 0 Å². The van der Waals surface area contributed by atoms with E-state index in [0.29, 0.717) is 5.65 Å². The second-order valence-corrected chi connectivity index (χ2v) is 4.18.